The molecular formula is C15H14N4O. The smallest absolute Gasteiger partial charge is 0.258 e. The third-order valence-electron chi connectivity index (χ3n) is 3.21. The van der Waals surface area contributed by atoms with Crippen LogP contribution in [0.15, 0.2) is 59.7 Å². The van der Waals surface area contributed by atoms with Gasteiger partial charge < -0.3 is 9.99 Å². The van der Waals surface area contributed by atoms with Gasteiger partial charge in [-0.05, 0) is 35.2 Å². The van der Waals surface area contributed by atoms with E-state index in [9.17, 15) is 4.79 Å². The first-order valence-electron chi connectivity index (χ1n) is 6.27. The highest BCUT2D eigenvalue weighted by molar-refractivity contribution is 5.81. The molecule has 0 saturated heterocycles. The van der Waals surface area contributed by atoms with Crippen molar-refractivity contribution in [3.8, 4) is 0 Å². The Kier molecular flexibility index (Phi) is 3.18. The number of nitrogen functional groups attached to an aromatic ring is 1. The molecule has 2 heterocycles. The van der Waals surface area contributed by atoms with Crippen LogP contribution in [0.2, 0.25) is 0 Å². The molecule has 1 aromatic carbocycles. The lowest BCUT2D eigenvalue weighted by Crippen LogP contribution is -2.20. The number of nitrogens with zero attached hydrogens (tertiary/aromatic N) is 2. The fourth-order valence-corrected chi connectivity index (χ4v) is 2.20. The van der Waals surface area contributed by atoms with Gasteiger partial charge in [0.2, 0.25) is 0 Å². The summed E-state index contributed by atoms with van der Waals surface area (Å²) in [5.74, 6) is 5.92. The molecule has 0 aliphatic carbocycles. The van der Waals surface area contributed by atoms with Crippen molar-refractivity contribution in [3.63, 3.8) is 0 Å². The van der Waals surface area contributed by atoms with Crippen LogP contribution in [0.4, 0.5) is 5.82 Å². The molecule has 0 unspecified atom stereocenters. The number of rotatable bonds is 3. The molecule has 3 aromatic rings. The second-order valence-electron chi connectivity index (χ2n) is 4.53. The zero-order chi connectivity index (χ0) is 13.9. The maximum absolute atomic E-state index is 12.4. The standard InChI is InChI=1S/C15H14N4O/c16-18-14-9-11(5-7-17-14)10-19-8-6-12-3-1-2-4-13(12)15(19)20/h1-9H,10,16H2,(H,17,18). The molecular weight excluding hydrogens is 252 g/mol. The summed E-state index contributed by atoms with van der Waals surface area (Å²) in [6, 6.07) is 13.2. The zero-order valence-corrected chi connectivity index (χ0v) is 10.8. The highest BCUT2D eigenvalue weighted by atomic mass is 16.1. The molecule has 2 aromatic heterocycles. The normalized spacial score (nSPS) is 10.7. The van der Waals surface area contributed by atoms with E-state index < -0.39 is 0 Å². The molecule has 0 saturated carbocycles. The molecule has 5 nitrogen and oxygen atoms in total. The predicted molar refractivity (Wildman–Crippen MR) is 79.4 cm³/mol. The fraction of sp³-hybridized carbons (Fsp3) is 0.0667. The lowest BCUT2D eigenvalue weighted by Gasteiger charge is -2.08. The van der Waals surface area contributed by atoms with E-state index in [-0.39, 0.29) is 5.56 Å². The second kappa shape index (κ2) is 5.14. The Hall–Kier alpha value is -2.66. The lowest BCUT2D eigenvalue weighted by molar-refractivity contribution is 0.767. The number of hydrogen-bond donors (Lipinski definition) is 2. The van der Waals surface area contributed by atoms with E-state index in [0.717, 1.165) is 16.3 Å². The van der Waals surface area contributed by atoms with Crippen LogP contribution < -0.4 is 16.8 Å². The van der Waals surface area contributed by atoms with Crippen molar-refractivity contribution < 1.29 is 0 Å². The Morgan fingerprint density at radius 1 is 1.20 bits per heavy atom. The van der Waals surface area contributed by atoms with E-state index >= 15 is 0 Å². The van der Waals surface area contributed by atoms with Crippen LogP contribution >= 0.6 is 0 Å². The number of fused-ring (bicyclic) bond motifs is 1. The molecule has 0 fully saturated rings. The molecule has 0 aliphatic heterocycles. The molecule has 0 amide bonds. The molecule has 0 bridgehead atoms. The molecule has 20 heavy (non-hydrogen) atoms. The third-order valence-corrected chi connectivity index (χ3v) is 3.21. The number of pyridine rings is 2. The summed E-state index contributed by atoms with van der Waals surface area (Å²) < 4.78 is 1.68. The summed E-state index contributed by atoms with van der Waals surface area (Å²) in [5, 5.41) is 1.68. The average molecular weight is 266 g/mol. The van der Waals surface area contributed by atoms with Gasteiger partial charge in [-0.2, -0.15) is 0 Å². The molecule has 5 heteroatoms. The van der Waals surface area contributed by atoms with Crippen LogP contribution in [-0.2, 0) is 6.54 Å². The van der Waals surface area contributed by atoms with E-state index in [1.165, 1.54) is 0 Å². The second-order valence-corrected chi connectivity index (χ2v) is 4.53. The lowest BCUT2D eigenvalue weighted by atomic mass is 10.1. The number of hydrazine groups is 1. The largest absolute Gasteiger partial charge is 0.311 e. The van der Waals surface area contributed by atoms with Crippen LogP contribution in [0, 0.1) is 0 Å². The van der Waals surface area contributed by atoms with Gasteiger partial charge in [0.15, 0.2) is 0 Å². The quantitative estimate of drug-likeness (QED) is 0.559. The molecule has 0 aliphatic rings. The van der Waals surface area contributed by atoms with E-state index in [1.807, 2.05) is 42.5 Å². The maximum atomic E-state index is 12.4. The summed E-state index contributed by atoms with van der Waals surface area (Å²) in [7, 11) is 0. The Morgan fingerprint density at radius 2 is 2.05 bits per heavy atom. The van der Waals surface area contributed by atoms with Gasteiger partial charge in [-0.1, -0.05) is 18.2 Å². The van der Waals surface area contributed by atoms with Gasteiger partial charge >= 0.3 is 0 Å². The van der Waals surface area contributed by atoms with Gasteiger partial charge in [0.1, 0.15) is 5.82 Å². The Morgan fingerprint density at radius 3 is 2.90 bits per heavy atom. The van der Waals surface area contributed by atoms with Crippen molar-refractivity contribution in [2.24, 2.45) is 5.84 Å². The summed E-state index contributed by atoms with van der Waals surface area (Å²) in [4.78, 5) is 16.4. The van der Waals surface area contributed by atoms with Crippen LogP contribution in [0.3, 0.4) is 0 Å². The van der Waals surface area contributed by atoms with Gasteiger partial charge in [-0.25, -0.2) is 10.8 Å². The van der Waals surface area contributed by atoms with Crippen LogP contribution in [-0.4, -0.2) is 9.55 Å². The molecule has 0 spiro atoms. The van der Waals surface area contributed by atoms with Gasteiger partial charge in [0.25, 0.3) is 5.56 Å². The van der Waals surface area contributed by atoms with Gasteiger partial charge in [0, 0.05) is 17.8 Å². The first-order chi connectivity index (χ1) is 9.78. The number of aromatic nitrogens is 2. The number of nitrogens with two attached hydrogens (primary N) is 1. The molecule has 0 atom stereocenters. The van der Waals surface area contributed by atoms with E-state index in [2.05, 4.69) is 10.4 Å². The van der Waals surface area contributed by atoms with E-state index in [0.29, 0.717) is 12.4 Å². The molecule has 3 N–H and O–H groups in total. The summed E-state index contributed by atoms with van der Waals surface area (Å²) >= 11 is 0. The Bertz CT molecular complexity index is 810. The van der Waals surface area contributed by atoms with Crippen molar-refractivity contribution in [3.05, 3.63) is 70.8 Å². The van der Waals surface area contributed by atoms with Crippen LogP contribution in [0.1, 0.15) is 5.56 Å². The summed E-state index contributed by atoms with van der Waals surface area (Å²) in [6.45, 7) is 0.487. The third kappa shape index (κ3) is 2.26. The highest BCUT2D eigenvalue weighted by Gasteiger charge is 2.03. The van der Waals surface area contributed by atoms with Crippen molar-refractivity contribution >= 4 is 16.6 Å². The minimum Gasteiger partial charge on any atom is -0.311 e. The van der Waals surface area contributed by atoms with E-state index in [1.54, 1.807) is 17.0 Å². The minimum atomic E-state index is 0.00201. The molecule has 100 valence electrons. The first-order valence-corrected chi connectivity index (χ1v) is 6.27. The van der Waals surface area contributed by atoms with Crippen molar-refractivity contribution in [2.75, 3.05) is 5.43 Å². The number of nitrogens with one attached hydrogen (secondary N) is 1. The monoisotopic (exact) mass is 266 g/mol. The highest BCUT2D eigenvalue weighted by Crippen LogP contribution is 2.10. The summed E-state index contributed by atoms with van der Waals surface area (Å²) in [6.07, 6.45) is 3.47. The number of anilines is 1. The minimum absolute atomic E-state index is 0.00201. The zero-order valence-electron chi connectivity index (χ0n) is 10.8. The van der Waals surface area contributed by atoms with Crippen molar-refractivity contribution in [1.29, 1.82) is 0 Å². The van der Waals surface area contributed by atoms with Crippen LogP contribution in [0.5, 0.6) is 0 Å². The van der Waals surface area contributed by atoms with Gasteiger partial charge in [0.05, 0.1) is 6.54 Å². The Balaban J connectivity index is 2.02. The fourth-order valence-electron chi connectivity index (χ4n) is 2.20. The number of benzene rings is 1. The average Bonchev–Trinajstić information content (AvgIpc) is 2.50. The van der Waals surface area contributed by atoms with Crippen LogP contribution in [0.25, 0.3) is 10.8 Å². The SMILES string of the molecule is NNc1cc(Cn2ccc3ccccc3c2=O)ccn1. The molecule has 0 radical (unpaired) electrons. The number of hydrogen-bond acceptors (Lipinski definition) is 4. The van der Waals surface area contributed by atoms with Gasteiger partial charge in [-0.3, -0.25) is 4.79 Å². The van der Waals surface area contributed by atoms with Crippen molar-refractivity contribution in [2.45, 2.75) is 6.54 Å². The maximum Gasteiger partial charge on any atom is 0.258 e. The molecule has 3 rings (SSSR count). The van der Waals surface area contributed by atoms with E-state index in [4.69, 9.17) is 5.84 Å². The van der Waals surface area contributed by atoms with Crippen molar-refractivity contribution in [1.82, 2.24) is 9.55 Å². The summed E-state index contributed by atoms with van der Waals surface area (Å²) in [5.41, 5.74) is 3.46. The predicted octanol–water partition coefficient (Wildman–Crippen LogP) is 1.73. The van der Waals surface area contributed by atoms with Gasteiger partial charge in [-0.15, -0.1) is 0 Å². The first kappa shape index (κ1) is 12.4. The topological polar surface area (TPSA) is 72.9 Å². The Labute approximate surface area is 115 Å².